The third-order valence-corrected chi connectivity index (χ3v) is 5.30. The van der Waals surface area contributed by atoms with E-state index in [4.69, 9.17) is 17.0 Å². The quantitative estimate of drug-likeness (QED) is 0.274. The second-order valence-corrected chi connectivity index (χ2v) is 7.38. The molecule has 0 unspecified atom stereocenters. The van der Waals surface area contributed by atoms with Crippen molar-refractivity contribution in [2.45, 2.75) is 0 Å². The second kappa shape index (κ2) is 8.35. The van der Waals surface area contributed by atoms with E-state index in [1.54, 1.807) is 23.7 Å². The molecular weight excluding hydrogens is 436 g/mol. The number of aryl methyl sites for hydroxylation is 1. The number of amides is 2. The third kappa shape index (κ3) is 3.67. The number of ether oxygens (including phenoxy) is 1. The monoisotopic (exact) mass is 453 g/mol. The van der Waals surface area contributed by atoms with Crippen LogP contribution in [0.15, 0.2) is 60.7 Å². The number of hydrogen-bond acceptors (Lipinski definition) is 4. The third-order valence-electron chi connectivity index (χ3n) is 4.98. The number of thiocarbonyl (C=S) groups is 1. The Kier molecular flexibility index (Phi) is 5.58. The molecule has 2 aromatic carbocycles. The lowest BCUT2D eigenvalue weighted by Gasteiger charge is -2.27. The van der Waals surface area contributed by atoms with Crippen LogP contribution in [0.1, 0.15) is 5.56 Å². The van der Waals surface area contributed by atoms with E-state index in [9.17, 15) is 18.4 Å². The van der Waals surface area contributed by atoms with E-state index in [-0.39, 0.29) is 28.9 Å². The van der Waals surface area contributed by atoms with Crippen molar-refractivity contribution in [3.05, 3.63) is 77.9 Å². The largest absolute Gasteiger partial charge is 0.437 e. The Hall–Kier alpha value is -3.85. The normalized spacial score (nSPS) is 15.4. The molecule has 1 aliphatic heterocycles. The van der Waals surface area contributed by atoms with Gasteiger partial charge in [0.25, 0.3) is 11.8 Å². The van der Waals surface area contributed by atoms with Gasteiger partial charge in [0.2, 0.25) is 5.88 Å². The highest BCUT2D eigenvalue weighted by Crippen LogP contribution is 2.37. The van der Waals surface area contributed by atoms with Crippen LogP contribution in [0.5, 0.6) is 11.6 Å². The number of para-hydroxylation sites is 1. The molecule has 0 saturated carbocycles. The van der Waals surface area contributed by atoms with Crippen molar-refractivity contribution in [2.75, 3.05) is 6.54 Å². The Morgan fingerprint density at radius 1 is 1.19 bits per heavy atom. The molecule has 0 bridgehead atoms. The number of hydrogen-bond donors (Lipinski definition) is 1. The molecule has 1 aromatic heterocycles. The number of fused-ring (bicyclic) bond motifs is 1. The van der Waals surface area contributed by atoms with E-state index in [2.05, 4.69) is 11.9 Å². The molecule has 1 fully saturated rings. The van der Waals surface area contributed by atoms with Crippen molar-refractivity contribution in [3.8, 4) is 11.6 Å². The van der Waals surface area contributed by atoms with Gasteiger partial charge in [-0.25, -0.2) is 8.78 Å². The Balaban J connectivity index is 1.89. The van der Waals surface area contributed by atoms with Crippen molar-refractivity contribution in [1.82, 2.24) is 14.8 Å². The van der Waals surface area contributed by atoms with E-state index in [0.29, 0.717) is 17.0 Å². The Labute approximate surface area is 187 Å². The van der Waals surface area contributed by atoms with Crippen LogP contribution in [-0.2, 0) is 16.6 Å². The van der Waals surface area contributed by atoms with Crippen LogP contribution in [0.2, 0.25) is 0 Å². The second-order valence-electron chi connectivity index (χ2n) is 6.99. The van der Waals surface area contributed by atoms with Gasteiger partial charge >= 0.3 is 0 Å². The minimum absolute atomic E-state index is 0.0140. The maximum absolute atomic E-state index is 14.3. The molecule has 0 atom stereocenters. The first-order chi connectivity index (χ1) is 15.3. The molecule has 1 N–H and O–H groups in total. The molecule has 32 heavy (non-hydrogen) atoms. The predicted octanol–water partition coefficient (Wildman–Crippen LogP) is 4.06. The highest BCUT2D eigenvalue weighted by Gasteiger charge is 2.33. The number of halogens is 2. The van der Waals surface area contributed by atoms with Crippen LogP contribution in [-0.4, -0.2) is 32.9 Å². The Bertz CT molecular complexity index is 1330. The molecule has 2 heterocycles. The number of carbonyl (C=O) groups excluding carboxylic acids is 2. The van der Waals surface area contributed by atoms with Crippen molar-refractivity contribution in [3.63, 3.8) is 0 Å². The number of carbonyl (C=O) groups is 2. The molecule has 0 spiro atoms. The molecule has 0 radical (unpaired) electrons. The number of benzene rings is 2. The predicted molar refractivity (Wildman–Crippen MR) is 120 cm³/mol. The summed E-state index contributed by atoms with van der Waals surface area (Å²) < 4.78 is 35.1. The van der Waals surface area contributed by atoms with Gasteiger partial charge in [-0.1, -0.05) is 24.3 Å². The first-order valence-electron chi connectivity index (χ1n) is 9.52. The average Bonchev–Trinajstić information content (AvgIpc) is 3.02. The summed E-state index contributed by atoms with van der Waals surface area (Å²) in [5.41, 5.74) is 0.942. The van der Waals surface area contributed by atoms with E-state index >= 15 is 0 Å². The van der Waals surface area contributed by atoms with Gasteiger partial charge in [-0.15, -0.1) is 6.58 Å². The number of nitrogens with one attached hydrogen (secondary N) is 1. The molecule has 1 saturated heterocycles. The standard InChI is InChI=1S/C23H17F2N3O3S/c1-3-10-28-21(30)16(20(29)26-23(28)32)12-15-14-6-4-5-7-18(14)27(2)22(15)31-19-9-8-13(24)11-17(19)25/h3-9,11-12H,1,10H2,2H3,(H,26,29,32). The zero-order valence-electron chi connectivity index (χ0n) is 16.9. The Morgan fingerprint density at radius 2 is 1.94 bits per heavy atom. The van der Waals surface area contributed by atoms with Gasteiger partial charge in [-0.05, 0) is 36.5 Å². The van der Waals surface area contributed by atoms with Crippen molar-refractivity contribution in [2.24, 2.45) is 7.05 Å². The first kappa shape index (κ1) is 21.4. The lowest BCUT2D eigenvalue weighted by atomic mass is 10.1. The molecule has 6 nitrogen and oxygen atoms in total. The summed E-state index contributed by atoms with van der Waals surface area (Å²) in [5, 5.41) is 3.14. The summed E-state index contributed by atoms with van der Waals surface area (Å²) in [7, 11) is 1.70. The summed E-state index contributed by atoms with van der Waals surface area (Å²) in [6.07, 6.45) is 2.87. The SMILES string of the molecule is C=CCN1C(=O)C(=Cc2c(Oc3ccc(F)cc3F)n(C)c3ccccc23)C(=O)NC1=S. The van der Waals surface area contributed by atoms with E-state index in [0.717, 1.165) is 11.6 Å². The average molecular weight is 453 g/mol. The first-order valence-corrected chi connectivity index (χ1v) is 9.92. The van der Waals surface area contributed by atoms with Crippen LogP contribution in [0.4, 0.5) is 8.78 Å². The molecule has 2 amide bonds. The van der Waals surface area contributed by atoms with Crippen molar-refractivity contribution >= 4 is 46.1 Å². The number of rotatable bonds is 5. The molecule has 1 aliphatic rings. The Morgan fingerprint density at radius 3 is 2.66 bits per heavy atom. The zero-order chi connectivity index (χ0) is 23.0. The molecule has 9 heteroatoms. The molecule has 162 valence electrons. The summed E-state index contributed by atoms with van der Waals surface area (Å²) in [6.45, 7) is 3.72. The fourth-order valence-corrected chi connectivity index (χ4v) is 3.71. The van der Waals surface area contributed by atoms with Gasteiger partial charge in [0.05, 0.1) is 5.52 Å². The van der Waals surface area contributed by atoms with Crippen LogP contribution in [0, 0.1) is 11.6 Å². The highest BCUT2D eigenvalue weighted by atomic mass is 32.1. The van der Waals surface area contributed by atoms with Gasteiger partial charge in [0, 0.05) is 30.6 Å². The molecule has 3 aromatic rings. The van der Waals surface area contributed by atoms with Gasteiger partial charge in [0.1, 0.15) is 11.4 Å². The fourth-order valence-electron chi connectivity index (χ4n) is 3.46. The van der Waals surface area contributed by atoms with Crippen molar-refractivity contribution < 1.29 is 23.1 Å². The molecule has 4 rings (SSSR count). The topological polar surface area (TPSA) is 63.6 Å². The molecule has 0 aliphatic carbocycles. The molecular formula is C23H17F2N3O3S. The zero-order valence-corrected chi connectivity index (χ0v) is 17.7. The van der Waals surface area contributed by atoms with Gasteiger partial charge in [-0.2, -0.15) is 0 Å². The summed E-state index contributed by atoms with van der Waals surface area (Å²) >= 11 is 5.08. The summed E-state index contributed by atoms with van der Waals surface area (Å²) in [5.74, 6) is -2.91. The number of aromatic nitrogens is 1. The van der Waals surface area contributed by atoms with Crippen LogP contribution >= 0.6 is 12.2 Å². The van der Waals surface area contributed by atoms with Crippen LogP contribution < -0.4 is 10.1 Å². The lowest BCUT2D eigenvalue weighted by Crippen LogP contribution is -2.53. The highest BCUT2D eigenvalue weighted by molar-refractivity contribution is 7.80. The number of nitrogens with zero attached hydrogens (tertiary/aromatic N) is 2. The van der Waals surface area contributed by atoms with E-state index < -0.39 is 23.4 Å². The summed E-state index contributed by atoms with van der Waals surface area (Å²) in [6, 6.07) is 10.1. The van der Waals surface area contributed by atoms with Gasteiger partial charge in [-0.3, -0.25) is 19.8 Å². The minimum atomic E-state index is -0.886. The van der Waals surface area contributed by atoms with Gasteiger partial charge in [0.15, 0.2) is 16.7 Å². The lowest BCUT2D eigenvalue weighted by molar-refractivity contribution is -0.128. The van der Waals surface area contributed by atoms with Crippen LogP contribution in [0.25, 0.3) is 17.0 Å². The maximum Gasteiger partial charge on any atom is 0.265 e. The van der Waals surface area contributed by atoms with E-state index in [1.165, 1.54) is 23.1 Å². The van der Waals surface area contributed by atoms with Crippen LogP contribution in [0.3, 0.4) is 0 Å². The fraction of sp³-hybridized carbons (Fsp3) is 0.0870. The summed E-state index contributed by atoms with van der Waals surface area (Å²) in [4.78, 5) is 26.8. The van der Waals surface area contributed by atoms with Gasteiger partial charge < -0.3 is 9.30 Å². The van der Waals surface area contributed by atoms with Crippen molar-refractivity contribution in [1.29, 1.82) is 0 Å². The smallest absolute Gasteiger partial charge is 0.265 e. The maximum atomic E-state index is 14.3. The van der Waals surface area contributed by atoms with E-state index in [1.807, 2.05) is 12.1 Å². The minimum Gasteiger partial charge on any atom is -0.437 e.